The van der Waals surface area contributed by atoms with Crippen LogP contribution in [0.1, 0.15) is 31.2 Å². The molecule has 218 valence electrons. The smallest absolute Gasteiger partial charge is 0.382 e. The fourth-order valence-electron chi connectivity index (χ4n) is 5.35. The number of ether oxygens (including phenoxy) is 1. The highest BCUT2D eigenvalue weighted by Gasteiger charge is 2.38. The van der Waals surface area contributed by atoms with Crippen LogP contribution >= 0.6 is 12.2 Å². The maximum Gasteiger partial charge on any atom is 0.423 e. The standard InChI is InChI=1S/C28H29F4N5O3S/c29-19-2-8-24-18(15-19)1-10-26(34-24)35-11-13-36(14-12-35)27(41)17-40-22-6-3-20(4-7-22)33-21-5-9-25(37(38)39)23(16-21)28(30,31)32/h1-2,5,8-10,15-16,20,22,33H,3-4,6-7,11-14,17H2/t20-,22-. The van der Waals surface area contributed by atoms with Gasteiger partial charge in [0.05, 0.1) is 23.2 Å². The molecule has 1 aliphatic carbocycles. The first-order valence-electron chi connectivity index (χ1n) is 13.4. The number of benzene rings is 2. The first kappa shape index (κ1) is 28.9. The highest BCUT2D eigenvalue weighted by molar-refractivity contribution is 7.80. The summed E-state index contributed by atoms with van der Waals surface area (Å²) in [6.07, 6.45) is -1.97. The lowest BCUT2D eigenvalue weighted by Crippen LogP contribution is -2.49. The van der Waals surface area contributed by atoms with Gasteiger partial charge < -0.3 is 19.9 Å². The van der Waals surface area contributed by atoms with E-state index >= 15 is 0 Å². The molecule has 13 heteroatoms. The number of rotatable bonds is 7. The monoisotopic (exact) mass is 591 g/mol. The molecule has 0 amide bonds. The Kier molecular flexibility index (Phi) is 8.55. The lowest BCUT2D eigenvalue weighted by molar-refractivity contribution is -0.388. The summed E-state index contributed by atoms with van der Waals surface area (Å²) in [5, 5.41) is 14.8. The Morgan fingerprint density at radius 1 is 1.05 bits per heavy atom. The molecular formula is C28H29F4N5O3S. The second-order valence-electron chi connectivity index (χ2n) is 10.3. The molecule has 0 atom stereocenters. The third kappa shape index (κ3) is 7.02. The van der Waals surface area contributed by atoms with E-state index in [0.717, 1.165) is 72.9 Å². The summed E-state index contributed by atoms with van der Waals surface area (Å²) < 4.78 is 59.4. The van der Waals surface area contributed by atoms with E-state index in [1.807, 2.05) is 12.1 Å². The number of nitrogens with one attached hydrogen (secondary N) is 1. The predicted molar refractivity (Wildman–Crippen MR) is 152 cm³/mol. The van der Waals surface area contributed by atoms with Gasteiger partial charge in [-0.3, -0.25) is 10.1 Å². The van der Waals surface area contributed by atoms with Crippen LogP contribution in [0.15, 0.2) is 48.5 Å². The van der Waals surface area contributed by atoms with Gasteiger partial charge in [-0.2, -0.15) is 13.2 Å². The molecule has 41 heavy (non-hydrogen) atoms. The van der Waals surface area contributed by atoms with Crippen molar-refractivity contribution in [2.24, 2.45) is 0 Å². The zero-order valence-electron chi connectivity index (χ0n) is 22.1. The quantitative estimate of drug-likeness (QED) is 0.151. The zero-order chi connectivity index (χ0) is 29.1. The van der Waals surface area contributed by atoms with Gasteiger partial charge in [0.2, 0.25) is 0 Å². The fraction of sp³-hybridized carbons (Fsp3) is 0.429. The Balaban J connectivity index is 1.05. The number of pyridine rings is 1. The number of alkyl halides is 3. The number of halogens is 4. The Morgan fingerprint density at radius 2 is 1.78 bits per heavy atom. The molecule has 1 saturated carbocycles. The normalized spacial score (nSPS) is 19.8. The molecule has 5 rings (SSSR count). The van der Waals surface area contributed by atoms with Crippen LogP contribution in [-0.4, -0.2) is 64.7 Å². The number of aromatic nitrogens is 1. The van der Waals surface area contributed by atoms with Crippen LogP contribution in [-0.2, 0) is 10.9 Å². The minimum absolute atomic E-state index is 0.00141. The second-order valence-corrected chi connectivity index (χ2v) is 10.8. The number of hydrogen-bond acceptors (Lipinski definition) is 7. The summed E-state index contributed by atoms with van der Waals surface area (Å²) in [4.78, 5) is 19.7. The minimum Gasteiger partial charge on any atom is -0.382 e. The molecule has 0 unspecified atom stereocenters. The molecule has 1 N–H and O–H groups in total. The molecular weight excluding hydrogens is 562 g/mol. The first-order chi connectivity index (χ1) is 19.6. The SMILES string of the molecule is O=[N+]([O-])c1ccc(N[C@H]2CC[C@H](OCC(=S)N3CCN(c4ccc5cc(F)ccc5n4)CC3)CC2)cc1C(F)(F)F. The zero-order valence-corrected chi connectivity index (χ0v) is 22.9. The molecule has 1 aromatic heterocycles. The molecule has 0 radical (unpaired) electrons. The number of piperazine rings is 1. The van der Waals surface area contributed by atoms with Crippen LogP contribution in [0.3, 0.4) is 0 Å². The van der Waals surface area contributed by atoms with Gasteiger partial charge in [0.25, 0.3) is 5.69 Å². The summed E-state index contributed by atoms with van der Waals surface area (Å²) in [6.45, 7) is 3.29. The summed E-state index contributed by atoms with van der Waals surface area (Å²) in [5.41, 5.74) is -1.26. The molecule has 3 aromatic rings. The van der Waals surface area contributed by atoms with Crippen molar-refractivity contribution in [1.29, 1.82) is 0 Å². The van der Waals surface area contributed by atoms with E-state index in [4.69, 9.17) is 17.0 Å². The van der Waals surface area contributed by atoms with Gasteiger partial charge in [-0.15, -0.1) is 0 Å². The highest BCUT2D eigenvalue weighted by atomic mass is 32.1. The summed E-state index contributed by atoms with van der Waals surface area (Å²) in [6, 6.07) is 11.3. The van der Waals surface area contributed by atoms with E-state index in [1.54, 1.807) is 6.07 Å². The topological polar surface area (TPSA) is 83.8 Å². The van der Waals surface area contributed by atoms with Crippen LogP contribution in [0.5, 0.6) is 0 Å². The maximum atomic E-state index is 13.4. The van der Waals surface area contributed by atoms with Crippen LogP contribution in [0.2, 0.25) is 0 Å². The average molecular weight is 592 g/mol. The molecule has 2 aliphatic rings. The van der Waals surface area contributed by atoms with Crippen molar-refractivity contribution in [2.75, 3.05) is 43.0 Å². The molecule has 1 saturated heterocycles. The number of thiocarbonyl (C=S) groups is 1. The van der Waals surface area contributed by atoms with E-state index in [2.05, 4.69) is 20.1 Å². The van der Waals surface area contributed by atoms with Gasteiger partial charge in [-0.05, 0) is 68.1 Å². The van der Waals surface area contributed by atoms with Crippen LogP contribution in [0.25, 0.3) is 10.9 Å². The Bertz CT molecular complexity index is 1420. The van der Waals surface area contributed by atoms with E-state index in [1.165, 1.54) is 18.2 Å². The third-order valence-corrected chi connectivity index (χ3v) is 7.96. The molecule has 0 bridgehead atoms. The van der Waals surface area contributed by atoms with E-state index < -0.39 is 22.4 Å². The summed E-state index contributed by atoms with van der Waals surface area (Å²) >= 11 is 5.63. The number of nitro benzene ring substituents is 1. The Morgan fingerprint density at radius 3 is 2.46 bits per heavy atom. The number of nitro groups is 1. The third-order valence-electron chi connectivity index (χ3n) is 7.58. The average Bonchev–Trinajstić information content (AvgIpc) is 2.96. The van der Waals surface area contributed by atoms with Crippen molar-refractivity contribution in [2.45, 2.75) is 44.0 Å². The lowest BCUT2D eigenvalue weighted by Gasteiger charge is -2.37. The molecule has 8 nitrogen and oxygen atoms in total. The molecule has 2 fully saturated rings. The van der Waals surface area contributed by atoms with Crippen LogP contribution in [0, 0.1) is 15.9 Å². The second kappa shape index (κ2) is 12.1. The van der Waals surface area contributed by atoms with E-state index in [0.29, 0.717) is 19.4 Å². The van der Waals surface area contributed by atoms with Crippen molar-refractivity contribution >= 4 is 45.3 Å². The first-order valence-corrected chi connectivity index (χ1v) is 13.8. The van der Waals surface area contributed by atoms with Crippen molar-refractivity contribution < 1.29 is 27.2 Å². The molecule has 1 aliphatic heterocycles. The summed E-state index contributed by atoms with van der Waals surface area (Å²) in [5.74, 6) is 0.561. The Labute approximate surface area is 239 Å². The van der Waals surface area contributed by atoms with Gasteiger partial charge >= 0.3 is 6.18 Å². The van der Waals surface area contributed by atoms with Crippen LogP contribution in [0.4, 0.5) is 34.8 Å². The highest BCUT2D eigenvalue weighted by Crippen LogP contribution is 2.38. The van der Waals surface area contributed by atoms with Gasteiger partial charge in [0.15, 0.2) is 0 Å². The summed E-state index contributed by atoms with van der Waals surface area (Å²) in [7, 11) is 0. The van der Waals surface area contributed by atoms with Crippen molar-refractivity contribution in [1.82, 2.24) is 9.88 Å². The van der Waals surface area contributed by atoms with Crippen molar-refractivity contribution in [3.8, 4) is 0 Å². The van der Waals surface area contributed by atoms with Crippen molar-refractivity contribution in [3.63, 3.8) is 0 Å². The number of hydrogen-bond donors (Lipinski definition) is 1. The maximum absolute atomic E-state index is 13.4. The van der Waals surface area contributed by atoms with Gasteiger partial charge in [-0.1, -0.05) is 12.2 Å². The number of anilines is 2. The van der Waals surface area contributed by atoms with E-state index in [9.17, 15) is 27.7 Å². The molecule has 2 aromatic carbocycles. The predicted octanol–water partition coefficient (Wildman–Crippen LogP) is 6.19. The van der Waals surface area contributed by atoms with Gasteiger partial charge in [-0.25, -0.2) is 9.37 Å². The number of fused-ring (bicyclic) bond motifs is 1. The van der Waals surface area contributed by atoms with E-state index in [-0.39, 0.29) is 23.7 Å². The fourth-order valence-corrected chi connectivity index (χ4v) is 5.60. The lowest BCUT2D eigenvalue weighted by atomic mass is 9.92. The minimum atomic E-state index is -4.81. The molecule has 2 heterocycles. The largest absolute Gasteiger partial charge is 0.423 e. The van der Waals surface area contributed by atoms with Gasteiger partial charge in [0.1, 0.15) is 22.2 Å². The molecule has 0 spiro atoms. The Hall–Kier alpha value is -3.58. The van der Waals surface area contributed by atoms with Crippen molar-refractivity contribution in [3.05, 3.63) is 70.0 Å². The van der Waals surface area contributed by atoms with Crippen LogP contribution < -0.4 is 10.2 Å². The number of nitrogens with zero attached hydrogens (tertiary/aromatic N) is 4. The van der Waals surface area contributed by atoms with Gasteiger partial charge in [0, 0.05) is 49.4 Å².